The van der Waals surface area contributed by atoms with Crippen molar-refractivity contribution in [2.24, 2.45) is 23.3 Å². The highest BCUT2D eigenvalue weighted by Gasteiger charge is 2.44. The lowest BCUT2D eigenvalue weighted by molar-refractivity contribution is -0.124. The van der Waals surface area contributed by atoms with E-state index in [2.05, 4.69) is 49.0 Å². The zero-order chi connectivity index (χ0) is 28.8. The van der Waals surface area contributed by atoms with Crippen LogP contribution in [0.5, 0.6) is 0 Å². The van der Waals surface area contributed by atoms with Crippen LogP contribution in [0.1, 0.15) is 102 Å². The molecule has 2 atom stereocenters. The summed E-state index contributed by atoms with van der Waals surface area (Å²) in [6.45, 7) is 16.2. The van der Waals surface area contributed by atoms with E-state index in [1.54, 1.807) is 0 Å². The third-order valence-corrected chi connectivity index (χ3v) is 8.02. The average Bonchev–Trinajstić information content (AvgIpc) is 2.70. The van der Waals surface area contributed by atoms with Crippen LogP contribution in [0, 0.1) is 11.8 Å². The van der Waals surface area contributed by atoms with Crippen LogP contribution < -0.4 is 32.7 Å². The molecule has 3 rings (SSSR count). The molecule has 2 aliphatic heterocycles. The monoisotopic (exact) mass is 528 g/mol. The van der Waals surface area contributed by atoms with Crippen molar-refractivity contribution in [3.63, 3.8) is 0 Å². The highest BCUT2D eigenvalue weighted by molar-refractivity contribution is 6.10. The number of hydrogen-bond acceptors (Lipinski definition) is 6. The normalized spacial score (nSPS) is 25.2. The van der Waals surface area contributed by atoms with Gasteiger partial charge in [0.25, 0.3) is 11.8 Å². The number of benzene rings is 1. The molecule has 1 aromatic carbocycles. The highest BCUT2D eigenvalue weighted by atomic mass is 16.2. The van der Waals surface area contributed by atoms with Gasteiger partial charge >= 0.3 is 0 Å². The first-order valence-electron chi connectivity index (χ1n) is 13.2. The Labute approximate surface area is 225 Å². The molecule has 2 fully saturated rings. The predicted molar refractivity (Wildman–Crippen MR) is 149 cm³/mol. The van der Waals surface area contributed by atoms with Crippen molar-refractivity contribution in [3.8, 4) is 0 Å². The second-order valence-corrected chi connectivity index (χ2v) is 13.3. The lowest BCUT2D eigenvalue weighted by Gasteiger charge is -2.47. The molecule has 0 aliphatic carbocycles. The molecule has 0 radical (unpaired) electrons. The highest BCUT2D eigenvalue weighted by Crippen LogP contribution is 2.37. The van der Waals surface area contributed by atoms with Gasteiger partial charge < -0.3 is 32.7 Å². The summed E-state index contributed by atoms with van der Waals surface area (Å²) in [6, 6.07) is 2.63. The van der Waals surface area contributed by atoms with Crippen LogP contribution in [0.3, 0.4) is 0 Å². The quantitative estimate of drug-likeness (QED) is 0.332. The molecule has 2 aliphatic rings. The van der Waals surface area contributed by atoms with Crippen molar-refractivity contribution in [2.45, 2.75) is 103 Å². The van der Waals surface area contributed by atoms with Crippen molar-refractivity contribution in [1.29, 1.82) is 0 Å². The van der Waals surface area contributed by atoms with Gasteiger partial charge in [-0.1, -0.05) is 0 Å². The maximum Gasteiger partial charge on any atom is 0.250 e. The number of carbonyl (C=O) groups excluding carboxylic acids is 4. The Balaban J connectivity index is 1.94. The Bertz CT molecular complexity index is 1070. The van der Waals surface area contributed by atoms with Gasteiger partial charge in [0.1, 0.15) is 0 Å². The Hall–Kier alpha value is -2.98. The van der Waals surface area contributed by atoms with Gasteiger partial charge in [-0.2, -0.15) is 0 Å². The zero-order valence-corrected chi connectivity index (χ0v) is 23.9. The van der Waals surface area contributed by atoms with E-state index in [0.29, 0.717) is 12.8 Å². The van der Waals surface area contributed by atoms with Crippen molar-refractivity contribution in [3.05, 3.63) is 23.3 Å². The van der Waals surface area contributed by atoms with Crippen molar-refractivity contribution >= 4 is 35.0 Å². The van der Waals surface area contributed by atoms with E-state index in [1.165, 1.54) is 12.1 Å². The fourth-order valence-electron chi connectivity index (χ4n) is 6.35. The molecule has 2 heterocycles. The van der Waals surface area contributed by atoms with Crippen LogP contribution in [0.25, 0.3) is 0 Å². The minimum absolute atomic E-state index is 0.0616. The maximum atomic E-state index is 13.4. The van der Waals surface area contributed by atoms with Gasteiger partial charge in [-0.05, 0) is 93.2 Å². The van der Waals surface area contributed by atoms with Crippen LogP contribution in [0.4, 0.5) is 11.4 Å². The van der Waals surface area contributed by atoms with Gasteiger partial charge in [-0.15, -0.1) is 0 Å². The Morgan fingerprint density at radius 2 is 1.03 bits per heavy atom. The summed E-state index contributed by atoms with van der Waals surface area (Å²) in [5.41, 5.74) is 10.1. The molecule has 210 valence electrons. The number of nitrogens with two attached hydrogens (primary N) is 2. The molecule has 0 bridgehead atoms. The smallest absolute Gasteiger partial charge is 0.250 e. The first kappa shape index (κ1) is 29.6. The van der Waals surface area contributed by atoms with Gasteiger partial charge in [0, 0.05) is 22.2 Å². The van der Waals surface area contributed by atoms with Crippen LogP contribution in [-0.2, 0) is 9.59 Å². The summed E-state index contributed by atoms with van der Waals surface area (Å²) < 4.78 is 0. The summed E-state index contributed by atoms with van der Waals surface area (Å²) in [7, 11) is 0. The fourth-order valence-corrected chi connectivity index (χ4v) is 6.35. The van der Waals surface area contributed by atoms with E-state index in [-0.39, 0.29) is 57.2 Å². The summed E-state index contributed by atoms with van der Waals surface area (Å²) in [5, 5.41) is 12.7. The van der Waals surface area contributed by atoms with Crippen LogP contribution >= 0.6 is 0 Å². The number of amides is 4. The molecule has 1 aromatic rings. The predicted octanol–water partition coefficient (Wildman–Crippen LogP) is 2.88. The van der Waals surface area contributed by atoms with Crippen LogP contribution in [-0.4, -0.2) is 45.8 Å². The Morgan fingerprint density at radius 3 is 1.32 bits per heavy atom. The number of piperidine rings is 2. The van der Waals surface area contributed by atoms with E-state index in [9.17, 15) is 19.2 Å². The van der Waals surface area contributed by atoms with E-state index in [0.717, 1.165) is 12.8 Å². The van der Waals surface area contributed by atoms with E-state index in [4.69, 9.17) is 11.5 Å². The summed E-state index contributed by atoms with van der Waals surface area (Å²) in [4.78, 5) is 51.5. The molecular weight excluding hydrogens is 484 g/mol. The molecule has 2 unspecified atom stereocenters. The first-order chi connectivity index (χ1) is 17.2. The molecule has 10 heteroatoms. The van der Waals surface area contributed by atoms with Gasteiger partial charge in [-0.3, -0.25) is 19.2 Å². The minimum Gasteiger partial charge on any atom is -0.366 e. The van der Waals surface area contributed by atoms with Gasteiger partial charge in [0.2, 0.25) is 11.8 Å². The summed E-state index contributed by atoms with van der Waals surface area (Å²) in [6.07, 6.45) is 2.88. The Kier molecular flexibility index (Phi) is 7.75. The largest absolute Gasteiger partial charge is 0.366 e. The number of anilines is 2. The first-order valence-corrected chi connectivity index (χ1v) is 13.2. The standard InChI is InChI=1S/C28H44N6O4/c1-25(2)11-9-17(27(5,6)33-25)23(37)31-19-14-20(16(22(30)36)13-15(19)21(29)35)32-24(38)18-10-12-26(3,4)34-28(18,7)8/h13-14,17-18,33-34H,9-12H2,1-8H3,(H2,29,35)(H2,30,36)(H,31,37)(H,32,38). The Morgan fingerprint density at radius 1 is 0.684 bits per heavy atom. The fraction of sp³-hybridized carbons (Fsp3) is 0.643. The molecular formula is C28H44N6O4. The number of carbonyl (C=O) groups is 4. The van der Waals surface area contributed by atoms with E-state index in [1.807, 2.05) is 27.7 Å². The van der Waals surface area contributed by atoms with Crippen molar-refractivity contribution in [1.82, 2.24) is 10.6 Å². The number of primary amides is 2. The number of hydrogen-bond donors (Lipinski definition) is 6. The topological polar surface area (TPSA) is 168 Å². The lowest BCUT2D eigenvalue weighted by Crippen LogP contribution is -2.62. The third-order valence-electron chi connectivity index (χ3n) is 8.02. The second kappa shape index (κ2) is 9.96. The summed E-state index contributed by atoms with van der Waals surface area (Å²) >= 11 is 0. The average molecular weight is 529 g/mol. The molecule has 2 saturated heterocycles. The summed E-state index contributed by atoms with van der Waals surface area (Å²) in [5.74, 6) is -3.01. The molecule has 0 saturated carbocycles. The zero-order valence-electron chi connectivity index (χ0n) is 23.9. The maximum absolute atomic E-state index is 13.4. The molecule has 0 aromatic heterocycles. The number of nitrogens with one attached hydrogen (secondary N) is 4. The number of rotatable bonds is 6. The third kappa shape index (κ3) is 6.35. The van der Waals surface area contributed by atoms with E-state index >= 15 is 0 Å². The SMILES string of the molecule is CC1(C)CCC(C(=O)Nc2cc(NC(=O)C3CCC(C)(C)NC3(C)C)c(C(N)=O)cc2C(N)=O)C(C)(C)N1. The van der Waals surface area contributed by atoms with Gasteiger partial charge in [-0.25, -0.2) is 0 Å². The lowest BCUT2D eigenvalue weighted by atomic mass is 9.74. The van der Waals surface area contributed by atoms with Gasteiger partial charge in [0.05, 0.1) is 34.3 Å². The second-order valence-electron chi connectivity index (χ2n) is 13.3. The molecule has 0 spiro atoms. The molecule has 8 N–H and O–H groups in total. The van der Waals surface area contributed by atoms with Crippen molar-refractivity contribution in [2.75, 3.05) is 10.6 Å². The minimum atomic E-state index is -0.831. The van der Waals surface area contributed by atoms with Crippen molar-refractivity contribution < 1.29 is 19.2 Å². The van der Waals surface area contributed by atoms with E-state index < -0.39 is 22.9 Å². The van der Waals surface area contributed by atoms with Crippen LogP contribution in [0.2, 0.25) is 0 Å². The van der Waals surface area contributed by atoms with Crippen LogP contribution in [0.15, 0.2) is 12.1 Å². The molecule has 38 heavy (non-hydrogen) atoms. The molecule has 10 nitrogen and oxygen atoms in total. The van der Waals surface area contributed by atoms with Gasteiger partial charge in [0.15, 0.2) is 0 Å². The molecule has 4 amide bonds.